The summed E-state index contributed by atoms with van der Waals surface area (Å²) in [5.74, 6) is 6.51. The van der Waals surface area contributed by atoms with E-state index in [1.807, 2.05) is 32.9 Å². The third-order valence-corrected chi connectivity index (χ3v) is 2.84. The van der Waals surface area contributed by atoms with Crippen LogP contribution in [0.1, 0.15) is 45.2 Å². The van der Waals surface area contributed by atoms with Crippen molar-refractivity contribution in [2.75, 3.05) is 13.2 Å². The van der Waals surface area contributed by atoms with Crippen LogP contribution in [0.5, 0.6) is 5.75 Å². The molecule has 4 heteroatoms. The Bertz CT molecular complexity index is 339. The van der Waals surface area contributed by atoms with E-state index in [4.69, 9.17) is 15.3 Å². The molecule has 0 bridgehead atoms. The maximum atomic E-state index is 5.62. The number of hydrogen-bond donors (Lipinski definition) is 2. The highest BCUT2D eigenvalue weighted by Gasteiger charge is 2.09. The summed E-state index contributed by atoms with van der Waals surface area (Å²) in [6.45, 7) is 7.59. The van der Waals surface area contributed by atoms with Crippen LogP contribution in [-0.4, -0.2) is 19.3 Å². The Labute approximate surface area is 116 Å². The van der Waals surface area contributed by atoms with Gasteiger partial charge in [-0.2, -0.15) is 0 Å². The summed E-state index contributed by atoms with van der Waals surface area (Å²) in [7, 11) is 0. The Balaban J connectivity index is 2.51. The van der Waals surface area contributed by atoms with Gasteiger partial charge in [-0.3, -0.25) is 11.3 Å². The Hall–Kier alpha value is -1.10. The zero-order chi connectivity index (χ0) is 14.1. The quantitative estimate of drug-likeness (QED) is 0.410. The zero-order valence-corrected chi connectivity index (χ0v) is 12.2. The lowest BCUT2D eigenvalue weighted by Crippen LogP contribution is -2.28. The van der Waals surface area contributed by atoms with Gasteiger partial charge in [-0.1, -0.05) is 12.1 Å². The van der Waals surface area contributed by atoms with Crippen molar-refractivity contribution in [1.82, 2.24) is 5.43 Å². The second kappa shape index (κ2) is 8.91. The molecule has 108 valence electrons. The van der Waals surface area contributed by atoms with E-state index >= 15 is 0 Å². The third-order valence-electron chi connectivity index (χ3n) is 2.84. The lowest BCUT2D eigenvalue weighted by atomic mass is 10.0. The number of ether oxygens (including phenoxy) is 2. The van der Waals surface area contributed by atoms with Crippen LogP contribution in [0.3, 0.4) is 0 Å². The molecular weight excluding hydrogens is 240 g/mol. The minimum atomic E-state index is 0.161. The molecule has 1 atom stereocenters. The molecule has 1 aromatic carbocycles. The first-order valence-electron chi connectivity index (χ1n) is 6.97. The van der Waals surface area contributed by atoms with E-state index in [0.29, 0.717) is 0 Å². The van der Waals surface area contributed by atoms with Crippen molar-refractivity contribution in [1.29, 1.82) is 0 Å². The SMILES string of the molecule is CCOCCCC(NN)c1ccc(OC(C)C)cc1. The molecule has 4 nitrogen and oxygen atoms in total. The molecule has 0 spiro atoms. The largest absolute Gasteiger partial charge is 0.491 e. The minimum Gasteiger partial charge on any atom is -0.491 e. The van der Waals surface area contributed by atoms with E-state index in [9.17, 15) is 0 Å². The van der Waals surface area contributed by atoms with E-state index in [-0.39, 0.29) is 12.1 Å². The number of nitrogens with two attached hydrogens (primary N) is 1. The van der Waals surface area contributed by atoms with E-state index in [1.54, 1.807) is 0 Å². The summed E-state index contributed by atoms with van der Waals surface area (Å²) in [4.78, 5) is 0. The van der Waals surface area contributed by atoms with Crippen LogP contribution in [-0.2, 0) is 4.74 Å². The molecule has 0 aliphatic carbocycles. The van der Waals surface area contributed by atoms with Gasteiger partial charge in [-0.05, 0) is 51.3 Å². The van der Waals surface area contributed by atoms with Gasteiger partial charge in [0.15, 0.2) is 0 Å². The van der Waals surface area contributed by atoms with Crippen LogP contribution in [0.2, 0.25) is 0 Å². The summed E-state index contributed by atoms with van der Waals surface area (Å²) in [5.41, 5.74) is 4.04. The van der Waals surface area contributed by atoms with Crippen molar-refractivity contribution in [3.05, 3.63) is 29.8 Å². The van der Waals surface area contributed by atoms with Gasteiger partial charge in [0, 0.05) is 19.3 Å². The number of hydrogen-bond acceptors (Lipinski definition) is 4. The van der Waals surface area contributed by atoms with Crippen molar-refractivity contribution in [2.45, 2.75) is 45.8 Å². The fourth-order valence-electron chi connectivity index (χ4n) is 1.93. The summed E-state index contributed by atoms with van der Waals surface area (Å²) < 4.78 is 11.0. The average Bonchev–Trinajstić information content (AvgIpc) is 2.40. The number of rotatable bonds is 9. The van der Waals surface area contributed by atoms with Crippen LogP contribution in [0.15, 0.2) is 24.3 Å². The normalized spacial score (nSPS) is 12.7. The lowest BCUT2D eigenvalue weighted by Gasteiger charge is -2.17. The first-order valence-corrected chi connectivity index (χ1v) is 6.97. The number of benzene rings is 1. The van der Waals surface area contributed by atoms with Gasteiger partial charge >= 0.3 is 0 Å². The molecule has 1 aromatic rings. The standard InChI is InChI=1S/C15H26N2O2/c1-4-18-11-5-6-15(17-16)13-7-9-14(10-8-13)19-12(2)3/h7-10,12,15,17H,4-6,11,16H2,1-3H3. The van der Waals surface area contributed by atoms with Gasteiger partial charge in [0.05, 0.1) is 6.10 Å². The first-order chi connectivity index (χ1) is 9.17. The van der Waals surface area contributed by atoms with E-state index in [2.05, 4.69) is 17.6 Å². The molecule has 0 fully saturated rings. The highest BCUT2D eigenvalue weighted by molar-refractivity contribution is 5.29. The summed E-state index contributed by atoms with van der Waals surface area (Å²) in [6.07, 6.45) is 2.15. The average molecular weight is 266 g/mol. The molecule has 0 saturated heterocycles. The third kappa shape index (κ3) is 6.05. The molecule has 0 aliphatic heterocycles. The Kier molecular flexibility index (Phi) is 7.48. The minimum absolute atomic E-state index is 0.161. The molecule has 0 aromatic heterocycles. The van der Waals surface area contributed by atoms with Gasteiger partial charge in [-0.15, -0.1) is 0 Å². The second-order valence-corrected chi connectivity index (χ2v) is 4.79. The molecule has 0 radical (unpaired) electrons. The van der Waals surface area contributed by atoms with Crippen molar-refractivity contribution in [2.24, 2.45) is 5.84 Å². The molecule has 0 saturated carbocycles. The molecule has 0 heterocycles. The fraction of sp³-hybridized carbons (Fsp3) is 0.600. The second-order valence-electron chi connectivity index (χ2n) is 4.79. The van der Waals surface area contributed by atoms with Crippen molar-refractivity contribution < 1.29 is 9.47 Å². The zero-order valence-electron chi connectivity index (χ0n) is 12.2. The molecular formula is C15H26N2O2. The summed E-state index contributed by atoms with van der Waals surface area (Å²) in [5, 5.41) is 0. The van der Waals surface area contributed by atoms with Gasteiger partial charge in [0.25, 0.3) is 0 Å². The van der Waals surface area contributed by atoms with E-state index in [1.165, 1.54) is 5.56 Å². The maximum absolute atomic E-state index is 5.62. The Morgan fingerprint density at radius 1 is 1.21 bits per heavy atom. The van der Waals surface area contributed by atoms with Gasteiger partial charge in [0.2, 0.25) is 0 Å². The molecule has 19 heavy (non-hydrogen) atoms. The fourth-order valence-corrected chi connectivity index (χ4v) is 1.93. The summed E-state index contributed by atoms with van der Waals surface area (Å²) >= 11 is 0. The Morgan fingerprint density at radius 2 is 1.89 bits per heavy atom. The van der Waals surface area contributed by atoms with Crippen molar-refractivity contribution in [3.63, 3.8) is 0 Å². The van der Waals surface area contributed by atoms with Crippen LogP contribution in [0, 0.1) is 0 Å². The number of hydrazine groups is 1. The predicted octanol–water partition coefficient (Wildman–Crippen LogP) is 2.79. The highest BCUT2D eigenvalue weighted by Crippen LogP contribution is 2.21. The smallest absolute Gasteiger partial charge is 0.119 e. The van der Waals surface area contributed by atoms with Gasteiger partial charge in [0.1, 0.15) is 5.75 Å². The van der Waals surface area contributed by atoms with Crippen LogP contribution < -0.4 is 16.0 Å². The van der Waals surface area contributed by atoms with Crippen LogP contribution >= 0.6 is 0 Å². The first kappa shape index (κ1) is 16.0. The monoisotopic (exact) mass is 266 g/mol. The Morgan fingerprint density at radius 3 is 2.42 bits per heavy atom. The predicted molar refractivity (Wildman–Crippen MR) is 78.0 cm³/mol. The molecule has 3 N–H and O–H groups in total. The van der Waals surface area contributed by atoms with Gasteiger partial charge in [-0.25, -0.2) is 0 Å². The topological polar surface area (TPSA) is 56.5 Å². The van der Waals surface area contributed by atoms with Crippen molar-refractivity contribution >= 4 is 0 Å². The van der Waals surface area contributed by atoms with E-state index in [0.717, 1.165) is 31.8 Å². The molecule has 0 aliphatic rings. The number of nitrogens with one attached hydrogen (secondary N) is 1. The summed E-state index contributed by atoms with van der Waals surface area (Å²) in [6, 6.07) is 8.25. The molecule has 0 amide bonds. The van der Waals surface area contributed by atoms with Crippen LogP contribution in [0.4, 0.5) is 0 Å². The molecule has 1 rings (SSSR count). The van der Waals surface area contributed by atoms with Crippen molar-refractivity contribution in [3.8, 4) is 5.75 Å². The highest BCUT2D eigenvalue weighted by atomic mass is 16.5. The van der Waals surface area contributed by atoms with Crippen LogP contribution in [0.25, 0.3) is 0 Å². The van der Waals surface area contributed by atoms with E-state index < -0.39 is 0 Å². The lowest BCUT2D eigenvalue weighted by molar-refractivity contribution is 0.141. The molecule has 1 unspecified atom stereocenters. The van der Waals surface area contributed by atoms with Gasteiger partial charge < -0.3 is 9.47 Å². The maximum Gasteiger partial charge on any atom is 0.119 e.